The number of nitrogens with zero attached hydrogens (tertiary/aromatic N) is 2. The molecule has 0 aromatic carbocycles. The number of carbonyl (C=O) groups is 1. The standard InChI is InChI=1S/C19H28F3N5O4S2/c1-10(23)14(32)17(29-3)27-6-7-30-9-11(27)8-24-16(28)13-5-4-12(33-13)15-25-18(19(20,21)22)31-26(15)2/h4-5,11,15,17-18,25,32H,6-9,23H2,1-3H3,(H,24,28)/b14-10-. The normalized spacial score (nSPS) is 26.8. The molecule has 0 aliphatic carbocycles. The first kappa shape index (κ1) is 26.2. The number of rotatable bonds is 7. The first-order chi connectivity index (χ1) is 15.5. The lowest BCUT2D eigenvalue weighted by Gasteiger charge is -2.40. The van der Waals surface area contributed by atoms with Crippen LogP contribution in [0.15, 0.2) is 22.7 Å². The van der Waals surface area contributed by atoms with Crippen molar-refractivity contribution in [3.63, 3.8) is 0 Å². The minimum Gasteiger partial charge on any atom is -0.402 e. The molecular weight excluding hydrogens is 483 g/mol. The van der Waals surface area contributed by atoms with Crippen LogP contribution in [0.4, 0.5) is 13.2 Å². The van der Waals surface area contributed by atoms with E-state index in [0.717, 1.165) is 16.4 Å². The quantitative estimate of drug-likeness (QED) is 0.410. The van der Waals surface area contributed by atoms with E-state index in [-0.39, 0.29) is 18.5 Å². The Labute approximate surface area is 199 Å². The fourth-order valence-corrected chi connectivity index (χ4v) is 4.87. The van der Waals surface area contributed by atoms with E-state index in [4.69, 9.17) is 20.0 Å². The third-order valence-electron chi connectivity index (χ3n) is 5.30. The topological polar surface area (TPSA) is 101 Å². The van der Waals surface area contributed by atoms with Crippen molar-refractivity contribution in [1.29, 1.82) is 0 Å². The van der Waals surface area contributed by atoms with Gasteiger partial charge in [0.25, 0.3) is 5.91 Å². The number of halogens is 3. The third kappa shape index (κ3) is 6.19. The Bertz CT molecular complexity index is 865. The monoisotopic (exact) mass is 511 g/mol. The lowest BCUT2D eigenvalue weighted by Crippen LogP contribution is -2.56. The third-order valence-corrected chi connectivity index (χ3v) is 7.01. The van der Waals surface area contributed by atoms with Crippen LogP contribution >= 0.6 is 24.0 Å². The number of ether oxygens (including phenoxy) is 2. The van der Waals surface area contributed by atoms with Crippen LogP contribution in [-0.4, -0.2) is 81.0 Å². The number of hydrogen-bond acceptors (Lipinski definition) is 10. The Balaban J connectivity index is 1.63. The molecule has 1 aromatic rings. The lowest BCUT2D eigenvalue weighted by molar-refractivity contribution is -0.264. The van der Waals surface area contributed by atoms with E-state index in [0.29, 0.717) is 40.1 Å². The Morgan fingerprint density at radius 1 is 1.48 bits per heavy atom. The Kier molecular flexibility index (Phi) is 8.66. The second kappa shape index (κ2) is 10.9. The first-order valence-corrected chi connectivity index (χ1v) is 11.4. The number of hydroxylamine groups is 2. The van der Waals surface area contributed by atoms with Crippen molar-refractivity contribution < 1.29 is 32.3 Å². The van der Waals surface area contributed by atoms with Gasteiger partial charge in [-0.15, -0.1) is 24.0 Å². The van der Waals surface area contributed by atoms with Crippen molar-refractivity contribution in [2.24, 2.45) is 5.73 Å². The molecular formula is C19H28F3N5O4S2. The van der Waals surface area contributed by atoms with Gasteiger partial charge in [-0.1, -0.05) is 0 Å². The predicted molar refractivity (Wildman–Crippen MR) is 119 cm³/mol. The number of methoxy groups -OCH3 is 1. The molecule has 4 N–H and O–H groups in total. The molecule has 4 unspecified atom stereocenters. The molecule has 9 nitrogen and oxygen atoms in total. The molecule has 1 amide bonds. The van der Waals surface area contributed by atoms with Gasteiger partial charge in [0.1, 0.15) is 12.4 Å². The highest BCUT2D eigenvalue weighted by Gasteiger charge is 2.48. The number of carbonyl (C=O) groups excluding carboxylic acids is 1. The second-order valence-electron chi connectivity index (χ2n) is 7.68. The summed E-state index contributed by atoms with van der Waals surface area (Å²) in [5, 5.41) is 6.34. The fourth-order valence-electron chi connectivity index (χ4n) is 3.59. The van der Waals surface area contributed by atoms with Gasteiger partial charge in [0.2, 0.25) is 6.23 Å². The summed E-state index contributed by atoms with van der Waals surface area (Å²) in [6.45, 7) is 3.47. The molecule has 4 atom stereocenters. The average Bonchev–Trinajstić information content (AvgIpc) is 3.39. The molecule has 0 spiro atoms. The van der Waals surface area contributed by atoms with Crippen molar-refractivity contribution in [1.82, 2.24) is 20.6 Å². The van der Waals surface area contributed by atoms with Crippen LogP contribution in [0, 0.1) is 0 Å². The van der Waals surface area contributed by atoms with Crippen LogP contribution in [0.2, 0.25) is 0 Å². The minimum absolute atomic E-state index is 0.183. The largest absolute Gasteiger partial charge is 0.430 e. The van der Waals surface area contributed by atoms with Gasteiger partial charge in [-0.25, -0.2) is 0 Å². The van der Waals surface area contributed by atoms with Crippen molar-refractivity contribution in [3.05, 3.63) is 32.5 Å². The van der Waals surface area contributed by atoms with Crippen LogP contribution in [-0.2, 0) is 14.3 Å². The van der Waals surface area contributed by atoms with Gasteiger partial charge >= 0.3 is 6.18 Å². The predicted octanol–water partition coefficient (Wildman–Crippen LogP) is 1.62. The molecule has 33 heavy (non-hydrogen) atoms. The van der Waals surface area contributed by atoms with Gasteiger partial charge in [0.15, 0.2) is 0 Å². The number of thiol groups is 1. The van der Waals surface area contributed by atoms with E-state index in [9.17, 15) is 18.0 Å². The maximum atomic E-state index is 12.9. The molecule has 0 radical (unpaired) electrons. The van der Waals surface area contributed by atoms with E-state index in [1.165, 1.54) is 7.05 Å². The summed E-state index contributed by atoms with van der Waals surface area (Å²) in [6.07, 6.45) is -7.92. The number of nitrogens with one attached hydrogen (secondary N) is 2. The Hall–Kier alpha value is -1.39. The number of thiophene rings is 1. The van der Waals surface area contributed by atoms with Crippen LogP contribution in [0.1, 0.15) is 27.6 Å². The van der Waals surface area contributed by atoms with E-state index in [2.05, 4.69) is 23.3 Å². The summed E-state index contributed by atoms with van der Waals surface area (Å²) < 4.78 is 49.9. The summed E-state index contributed by atoms with van der Waals surface area (Å²) in [7, 11) is 2.96. The summed E-state index contributed by atoms with van der Waals surface area (Å²) in [4.78, 5) is 21.1. The van der Waals surface area contributed by atoms with Gasteiger partial charge in [-0.05, 0) is 19.1 Å². The maximum Gasteiger partial charge on any atom is 0.430 e. The number of nitrogens with two attached hydrogens (primary N) is 1. The highest BCUT2D eigenvalue weighted by atomic mass is 32.1. The molecule has 2 aliphatic rings. The van der Waals surface area contributed by atoms with Gasteiger partial charge in [0, 0.05) is 42.7 Å². The number of amides is 1. The van der Waals surface area contributed by atoms with Crippen molar-refractivity contribution in [2.45, 2.75) is 37.8 Å². The molecule has 3 heterocycles. The number of allylic oxidation sites excluding steroid dienone is 1. The average molecular weight is 512 g/mol. The highest BCUT2D eigenvalue weighted by Crippen LogP contribution is 2.34. The van der Waals surface area contributed by atoms with Crippen molar-refractivity contribution >= 4 is 29.9 Å². The van der Waals surface area contributed by atoms with Crippen LogP contribution < -0.4 is 16.4 Å². The number of hydrogen-bond donors (Lipinski definition) is 4. The summed E-state index contributed by atoms with van der Waals surface area (Å²) in [5.41, 5.74) is 6.41. The van der Waals surface area contributed by atoms with Crippen LogP contribution in [0.5, 0.6) is 0 Å². The van der Waals surface area contributed by atoms with Gasteiger partial charge in [-0.3, -0.25) is 19.8 Å². The fraction of sp³-hybridized carbons (Fsp3) is 0.632. The molecule has 2 saturated heterocycles. The van der Waals surface area contributed by atoms with E-state index in [1.807, 2.05) is 4.90 Å². The molecule has 0 saturated carbocycles. The summed E-state index contributed by atoms with van der Waals surface area (Å²) in [6, 6.07) is 3.00. The zero-order valence-corrected chi connectivity index (χ0v) is 20.1. The van der Waals surface area contributed by atoms with E-state index in [1.54, 1.807) is 26.2 Å². The zero-order valence-electron chi connectivity index (χ0n) is 18.4. The molecule has 1 aromatic heterocycles. The molecule has 2 fully saturated rings. The smallest absolute Gasteiger partial charge is 0.402 e. The maximum absolute atomic E-state index is 12.9. The van der Waals surface area contributed by atoms with Gasteiger partial charge < -0.3 is 20.5 Å². The zero-order chi connectivity index (χ0) is 24.3. The van der Waals surface area contributed by atoms with E-state index < -0.39 is 24.8 Å². The minimum atomic E-state index is -4.54. The molecule has 0 bridgehead atoms. The van der Waals surface area contributed by atoms with Crippen LogP contribution in [0.25, 0.3) is 0 Å². The van der Waals surface area contributed by atoms with Gasteiger partial charge in [-0.2, -0.15) is 18.2 Å². The summed E-state index contributed by atoms with van der Waals surface area (Å²) >= 11 is 5.56. The first-order valence-electron chi connectivity index (χ1n) is 10.1. The van der Waals surface area contributed by atoms with Crippen molar-refractivity contribution in [3.8, 4) is 0 Å². The van der Waals surface area contributed by atoms with Crippen molar-refractivity contribution in [2.75, 3.05) is 40.5 Å². The SMILES string of the molecule is COC(/C(S)=C(\C)N)N1CCOCC1CNC(=O)c1ccc(C2NC(C(F)(F)F)ON2C)s1. The molecule has 14 heteroatoms. The molecule has 2 aliphatic heterocycles. The number of morpholine rings is 1. The van der Waals surface area contributed by atoms with Gasteiger partial charge in [0.05, 0.1) is 24.1 Å². The lowest BCUT2D eigenvalue weighted by atomic mass is 10.2. The Morgan fingerprint density at radius 3 is 2.82 bits per heavy atom. The molecule has 3 rings (SSSR count). The van der Waals surface area contributed by atoms with Crippen LogP contribution in [0.3, 0.4) is 0 Å². The summed E-state index contributed by atoms with van der Waals surface area (Å²) in [5.74, 6) is -0.337. The molecule has 186 valence electrons. The Morgan fingerprint density at radius 2 is 2.21 bits per heavy atom. The second-order valence-corrected chi connectivity index (χ2v) is 9.27. The highest BCUT2D eigenvalue weighted by molar-refractivity contribution is 7.84. The van der Waals surface area contributed by atoms with E-state index >= 15 is 0 Å². The number of alkyl halides is 3.